The third-order valence-corrected chi connectivity index (χ3v) is 3.08. The van der Waals surface area contributed by atoms with Gasteiger partial charge in [-0.1, -0.05) is 18.2 Å². The Labute approximate surface area is 133 Å². The molecule has 0 aliphatic heterocycles. The molecule has 1 aromatic carbocycles. The largest absolute Gasteiger partial charge is 0.420 e. The fourth-order valence-corrected chi connectivity index (χ4v) is 1.97. The van der Waals surface area contributed by atoms with E-state index in [1.807, 2.05) is 0 Å². The summed E-state index contributed by atoms with van der Waals surface area (Å²) in [6.07, 6.45) is -4.63. The standard InChI is InChI=1S/C15H10F3N5O/c16-15(17,18)10-8-12(11-6-7-13(24)22-20-11)21-23-14(10)19-9-4-2-1-3-5-9/h1-8H,(H,19,23)(H,22,24). The molecule has 0 unspecified atom stereocenters. The fraction of sp³-hybridized carbons (Fsp3) is 0.0667. The lowest BCUT2D eigenvalue weighted by Gasteiger charge is -2.13. The lowest BCUT2D eigenvalue weighted by atomic mass is 10.2. The monoisotopic (exact) mass is 333 g/mol. The van der Waals surface area contributed by atoms with Crippen molar-refractivity contribution in [3.63, 3.8) is 0 Å². The van der Waals surface area contributed by atoms with E-state index in [1.54, 1.807) is 30.3 Å². The van der Waals surface area contributed by atoms with Gasteiger partial charge in [-0.3, -0.25) is 4.79 Å². The summed E-state index contributed by atoms with van der Waals surface area (Å²) in [5, 5.41) is 15.8. The molecule has 2 aromatic heterocycles. The summed E-state index contributed by atoms with van der Waals surface area (Å²) in [6.45, 7) is 0. The normalized spacial score (nSPS) is 11.3. The number of halogens is 3. The number of anilines is 2. The molecule has 3 aromatic rings. The summed E-state index contributed by atoms with van der Waals surface area (Å²) in [7, 11) is 0. The van der Waals surface area contributed by atoms with Crippen molar-refractivity contribution in [1.82, 2.24) is 20.4 Å². The van der Waals surface area contributed by atoms with Crippen LogP contribution in [-0.2, 0) is 6.18 Å². The van der Waals surface area contributed by atoms with E-state index in [9.17, 15) is 18.0 Å². The number of alkyl halides is 3. The summed E-state index contributed by atoms with van der Waals surface area (Å²) in [5.41, 5.74) is -1.02. The Kier molecular flexibility index (Phi) is 3.98. The molecule has 122 valence electrons. The van der Waals surface area contributed by atoms with E-state index in [1.165, 1.54) is 6.07 Å². The number of nitrogens with zero attached hydrogens (tertiary/aromatic N) is 3. The maximum absolute atomic E-state index is 13.3. The number of benzene rings is 1. The highest BCUT2D eigenvalue weighted by Gasteiger charge is 2.35. The third-order valence-electron chi connectivity index (χ3n) is 3.08. The first kappa shape index (κ1) is 15.7. The van der Waals surface area contributed by atoms with Gasteiger partial charge in [0.1, 0.15) is 17.0 Å². The van der Waals surface area contributed by atoms with Gasteiger partial charge in [-0.2, -0.15) is 18.3 Å². The summed E-state index contributed by atoms with van der Waals surface area (Å²) in [4.78, 5) is 11.0. The van der Waals surface area contributed by atoms with E-state index >= 15 is 0 Å². The van der Waals surface area contributed by atoms with Crippen LogP contribution in [0.2, 0.25) is 0 Å². The van der Waals surface area contributed by atoms with Gasteiger partial charge in [0.15, 0.2) is 5.82 Å². The maximum Gasteiger partial charge on any atom is 0.420 e. The van der Waals surface area contributed by atoms with Crippen LogP contribution in [0.5, 0.6) is 0 Å². The van der Waals surface area contributed by atoms with E-state index in [-0.39, 0.29) is 11.4 Å². The number of rotatable bonds is 3. The summed E-state index contributed by atoms with van der Waals surface area (Å²) in [5.74, 6) is -0.415. The molecule has 0 aliphatic carbocycles. The maximum atomic E-state index is 13.3. The molecular formula is C15H10F3N5O. The second kappa shape index (κ2) is 6.11. The van der Waals surface area contributed by atoms with Gasteiger partial charge in [-0.15, -0.1) is 10.2 Å². The molecule has 0 fully saturated rings. The predicted octanol–water partition coefficient (Wildman–Crippen LogP) is 2.99. The van der Waals surface area contributed by atoms with Crippen LogP contribution in [0.3, 0.4) is 0 Å². The topological polar surface area (TPSA) is 83.6 Å². The van der Waals surface area contributed by atoms with Crippen molar-refractivity contribution in [2.45, 2.75) is 6.18 Å². The number of hydrogen-bond acceptors (Lipinski definition) is 5. The Hall–Kier alpha value is -3.23. The van der Waals surface area contributed by atoms with Gasteiger partial charge in [0.2, 0.25) is 0 Å². The van der Waals surface area contributed by atoms with Crippen molar-refractivity contribution < 1.29 is 13.2 Å². The van der Waals surface area contributed by atoms with Crippen LogP contribution >= 0.6 is 0 Å². The molecule has 3 rings (SSSR count). The molecule has 0 atom stereocenters. The Morgan fingerprint density at radius 3 is 2.33 bits per heavy atom. The Morgan fingerprint density at radius 1 is 0.958 bits per heavy atom. The summed E-state index contributed by atoms with van der Waals surface area (Å²) < 4.78 is 40.0. The molecular weight excluding hydrogens is 323 g/mol. The zero-order chi connectivity index (χ0) is 17.2. The van der Waals surface area contributed by atoms with Gasteiger partial charge >= 0.3 is 6.18 Å². The van der Waals surface area contributed by atoms with Crippen LogP contribution in [0.4, 0.5) is 24.7 Å². The van der Waals surface area contributed by atoms with Crippen LogP contribution in [0.1, 0.15) is 5.56 Å². The molecule has 0 aliphatic rings. The van der Waals surface area contributed by atoms with Crippen molar-refractivity contribution in [3.05, 3.63) is 64.4 Å². The first-order chi connectivity index (χ1) is 11.4. The first-order valence-corrected chi connectivity index (χ1v) is 6.76. The summed E-state index contributed by atoms with van der Waals surface area (Å²) in [6, 6.07) is 11.6. The molecule has 0 spiro atoms. The second-order valence-corrected chi connectivity index (χ2v) is 4.79. The van der Waals surface area contributed by atoms with Crippen molar-refractivity contribution in [2.75, 3.05) is 5.32 Å². The molecule has 0 radical (unpaired) electrons. The van der Waals surface area contributed by atoms with Crippen LogP contribution in [0.25, 0.3) is 11.4 Å². The number of aromatic nitrogens is 4. The Bertz CT molecular complexity index is 888. The Balaban J connectivity index is 2.04. The molecule has 0 saturated carbocycles. The second-order valence-electron chi connectivity index (χ2n) is 4.79. The molecule has 2 heterocycles. The number of nitrogens with one attached hydrogen (secondary N) is 2. The average Bonchev–Trinajstić information content (AvgIpc) is 2.56. The van der Waals surface area contributed by atoms with E-state index in [0.717, 1.165) is 12.1 Å². The molecule has 9 heteroatoms. The van der Waals surface area contributed by atoms with Gasteiger partial charge in [0.05, 0.1) is 0 Å². The van der Waals surface area contributed by atoms with Crippen LogP contribution in [-0.4, -0.2) is 20.4 Å². The van der Waals surface area contributed by atoms with Crippen LogP contribution in [0.15, 0.2) is 53.3 Å². The number of H-pyrrole nitrogens is 1. The number of aromatic amines is 1. The smallest absolute Gasteiger partial charge is 0.338 e. The van der Waals surface area contributed by atoms with E-state index in [4.69, 9.17) is 0 Å². The zero-order valence-corrected chi connectivity index (χ0v) is 12.0. The Morgan fingerprint density at radius 2 is 1.71 bits per heavy atom. The minimum atomic E-state index is -4.63. The zero-order valence-electron chi connectivity index (χ0n) is 12.0. The van der Waals surface area contributed by atoms with Crippen molar-refractivity contribution in [3.8, 4) is 11.4 Å². The molecule has 24 heavy (non-hydrogen) atoms. The van der Waals surface area contributed by atoms with Crippen molar-refractivity contribution in [1.29, 1.82) is 0 Å². The number of para-hydroxylation sites is 1. The minimum absolute atomic E-state index is 0.0823. The lowest BCUT2D eigenvalue weighted by Crippen LogP contribution is -2.13. The predicted molar refractivity (Wildman–Crippen MR) is 80.6 cm³/mol. The molecule has 6 nitrogen and oxygen atoms in total. The SMILES string of the molecule is O=c1ccc(-c2cc(C(F)(F)F)c(Nc3ccccc3)nn2)n[nH]1. The molecule has 0 saturated heterocycles. The third kappa shape index (κ3) is 3.40. The molecule has 0 bridgehead atoms. The van der Waals surface area contributed by atoms with Gasteiger partial charge in [0.25, 0.3) is 5.56 Å². The van der Waals surface area contributed by atoms with E-state index < -0.39 is 23.1 Å². The molecule has 2 N–H and O–H groups in total. The summed E-state index contributed by atoms with van der Waals surface area (Å²) >= 11 is 0. The van der Waals surface area contributed by atoms with Gasteiger partial charge < -0.3 is 5.32 Å². The van der Waals surface area contributed by atoms with Gasteiger partial charge in [-0.05, 0) is 24.3 Å². The van der Waals surface area contributed by atoms with Crippen molar-refractivity contribution in [2.24, 2.45) is 0 Å². The minimum Gasteiger partial charge on any atom is -0.338 e. The lowest BCUT2D eigenvalue weighted by molar-refractivity contribution is -0.137. The van der Waals surface area contributed by atoms with E-state index in [2.05, 4.69) is 25.7 Å². The average molecular weight is 333 g/mol. The van der Waals surface area contributed by atoms with E-state index in [0.29, 0.717) is 5.69 Å². The van der Waals surface area contributed by atoms with Crippen LogP contribution < -0.4 is 10.9 Å². The van der Waals surface area contributed by atoms with Gasteiger partial charge in [0, 0.05) is 11.8 Å². The highest BCUT2D eigenvalue weighted by Crippen LogP contribution is 2.36. The van der Waals surface area contributed by atoms with Crippen molar-refractivity contribution >= 4 is 11.5 Å². The first-order valence-electron chi connectivity index (χ1n) is 6.76. The van der Waals surface area contributed by atoms with Crippen LogP contribution in [0, 0.1) is 0 Å². The quantitative estimate of drug-likeness (QED) is 0.770. The fourth-order valence-electron chi connectivity index (χ4n) is 1.97. The molecule has 0 amide bonds. The highest BCUT2D eigenvalue weighted by atomic mass is 19.4. The highest BCUT2D eigenvalue weighted by molar-refractivity contribution is 5.63. The van der Waals surface area contributed by atoms with Gasteiger partial charge in [-0.25, -0.2) is 5.10 Å². The number of hydrogen-bond donors (Lipinski definition) is 2.